The molecule has 0 heterocycles. The molecule has 58 valence electrons. The molecule has 1 saturated carbocycles. The topological polar surface area (TPSA) is 33.1 Å². The van der Waals surface area contributed by atoms with Crippen LogP contribution in [0, 0.1) is 11.3 Å². The first-order valence-corrected chi connectivity index (χ1v) is 3.94. The van der Waals surface area contributed by atoms with Crippen LogP contribution in [0.1, 0.15) is 32.1 Å². The second kappa shape index (κ2) is 3.59. The molecular weight excluding hydrogens is 126 g/mol. The summed E-state index contributed by atoms with van der Waals surface area (Å²) in [6.07, 6.45) is 6.15. The number of methoxy groups -OCH3 is 1. The Balaban J connectivity index is 2.17. The Bertz CT molecular complexity index is 116. The van der Waals surface area contributed by atoms with Gasteiger partial charge in [0.25, 0.3) is 0 Å². The monoisotopic (exact) mass is 141 g/mol. The first-order valence-electron chi connectivity index (χ1n) is 3.94. The van der Waals surface area contributed by atoms with Crippen molar-refractivity contribution < 1.29 is 4.74 Å². The third-order valence-electron chi connectivity index (χ3n) is 2.20. The van der Waals surface area contributed by atoms with E-state index < -0.39 is 0 Å². The van der Waals surface area contributed by atoms with Crippen molar-refractivity contribution in [3.63, 3.8) is 0 Å². The van der Waals surface area contributed by atoms with Gasteiger partial charge in [-0.3, -0.25) is 5.41 Å². The van der Waals surface area contributed by atoms with Crippen LogP contribution in [0.4, 0.5) is 0 Å². The Hall–Kier alpha value is -0.530. The van der Waals surface area contributed by atoms with E-state index >= 15 is 0 Å². The van der Waals surface area contributed by atoms with Gasteiger partial charge in [-0.25, -0.2) is 0 Å². The van der Waals surface area contributed by atoms with E-state index in [1.165, 1.54) is 25.7 Å². The molecule has 0 spiro atoms. The van der Waals surface area contributed by atoms with Gasteiger partial charge in [-0.2, -0.15) is 0 Å². The molecular formula is C8H15NO. The maximum absolute atomic E-state index is 7.28. The van der Waals surface area contributed by atoms with Crippen molar-refractivity contribution in [2.75, 3.05) is 7.11 Å². The molecule has 0 aromatic heterocycles. The van der Waals surface area contributed by atoms with E-state index in [2.05, 4.69) is 0 Å². The number of rotatable bonds is 2. The van der Waals surface area contributed by atoms with Gasteiger partial charge in [-0.1, -0.05) is 12.8 Å². The van der Waals surface area contributed by atoms with Crippen LogP contribution in [0.3, 0.4) is 0 Å². The average molecular weight is 141 g/mol. The van der Waals surface area contributed by atoms with Crippen LogP contribution >= 0.6 is 0 Å². The molecule has 1 aliphatic carbocycles. The lowest BCUT2D eigenvalue weighted by atomic mass is 10.0. The van der Waals surface area contributed by atoms with Crippen LogP contribution in [-0.2, 0) is 4.74 Å². The smallest absolute Gasteiger partial charge is 0.180 e. The molecule has 1 aliphatic rings. The van der Waals surface area contributed by atoms with E-state index in [0.29, 0.717) is 5.90 Å². The van der Waals surface area contributed by atoms with Gasteiger partial charge >= 0.3 is 0 Å². The molecule has 2 nitrogen and oxygen atoms in total. The summed E-state index contributed by atoms with van der Waals surface area (Å²) < 4.78 is 4.80. The van der Waals surface area contributed by atoms with Gasteiger partial charge in [0.05, 0.1) is 7.11 Å². The van der Waals surface area contributed by atoms with Crippen molar-refractivity contribution in [3.05, 3.63) is 0 Å². The van der Waals surface area contributed by atoms with E-state index in [0.717, 1.165) is 12.3 Å². The molecule has 1 rings (SSSR count). The number of nitrogens with one attached hydrogen (secondary N) is 1. The van der Waals surface area contributed by atoms with Crippen molar-refractivity contribution >= 4 is 5.90 Å². The lowest BCUT2D eigenvalue weighted by Gasteiger charge is -2.07. The lowest BCUT2D eigenvalue weighted by molar-refractivity contribution is 0.369. The van der Waals surface area contributed by atoms with Crippen LogP contribution in [0.2, 0.25) is 0 Å². The second-order valence-corrected chi connectivity index (χ2v) is 2.98. The quantitative estimate of drug-likeness (QED) is 0.464. The summed E-state index contributed by atoms with van der Waals surface area (Å²) in [5.41, 5.74) is 0. The third-order valence-corrected chi connectivity index (χ3v) is 2.20. The summed E-state index contributed by atoms with van der Waals surface area (Å²) in [7, 11) is 1.58. The summed E-state index contributed by atoms with van der Waals surface area (Å²) in [6, 6.07) is 0. The maximum atomic E-state index is 7.28. The zero-order valence-corrected chi connectivity index (χ0v) is 6.52. The molecule has 1 fully saturated rings. The Morgan fingerprint density at radius 1 is 1.50 bits per heavy atom. The molecule has 0 amide bonds. The first kappa shape index (κ1) is 7.58. The van der Waals surface area contributed by atoms with Gasteiger partial charge in [-0.05, 0) is 18.8 Å². The summed E-state index contributed by atoms with van der Waals surface area (Å²) in [4.78, 5) is 0. The summed E-state index contributed by atoms with van der Waals surface area (Å²) in [5, 5.41) is 7.28. The van der Waals surface area contributed by atoms with Gasteiger partial charge in [-0.15, -0.1) is 0 Å². The van der Waals surface area contributed by atoms with Gasteiger partial charge in [0.2, 0.25) is 0 Å². The molecule has 0 aromatic rings. The molecule has 0 bridgehead atoms. The predicted molar refractivity (Wildman–Crippen MR) is 41.3 cm³/mol. The molecule has 0 aliphatic heterocycles. The van der Waals surface area contributed by atoms with Crippen molar-refractivity contribution in [1.82, 2.24) is 0 Å². The Morgan fingerprint density at radius 2 is 2.10 bits per heavy atom. The van der Waals surface area contributed by atoms with Gasteiger partial charge in [0.1, 0.15) is 0 Å². The lowest BCUT2D eigenvalue weighted by Crippen LogP contribution is -2.05. The minimum Gasteiger partial charge on any atom is -0.484 e. The standard InChI is InChI=1S/C8H15NO/c1-10-8(9)6-7-4-2-3-5-7/h7,9H,2-6H2,1H3. The molecule has 1 N–H and O–H groups in total. The molecule has 0 aromatic carbocycles. The maximum Gasteiger partial charge on any atom is 0.180 e. The van der Waals surface area contributed by atoms with Gasteiger partial charge < -0.3 is 4.74 Å². The van der Waals surface area contributed by atoms with Gasteiger partial charge in [0, 0.05) is 6.42 Å². The molecule has 2 heteroatoms. The van der Waals surface area contributed by atoms with E-state index in [4.69, 9.17) is 10.1 Å². The van der Waals surface area contributed by atoms with E-state index in [1.807, 2.05) is 0 Å². The van der Waals surface area contributed by atoms with Crippen LogP contribution < -0.4 is 0 Å². The van der Waals surface area contributed by atoms with Crippen molar-refractivity contribution in [1.29, 1.82) is 5.41 Å². The van der Waals surface area contributed by atoms with Crippen molar-refractivity contribution in [2.24, 2.45) is 5.92 Å². The van der Waals surface area contributed by atoms with Crippen LogP contribution in [0.25, 0.3) is 0 Å². The van der Waals surface area contributed by atoms with E-state index in [9.17, 15) is 0 Å². The molecule has 10 heavy (non-hydrogen) atoms. The highest BCUT2D eigenvalue weighted by molar-refractivity contribution is 5.72. The van der Waals surface area contributed by atoms with Crippen LogP contribution in [0.5, 0.6) is 0 Å². The number of hydrogen-bond donors (Lipinski definition) is 1. The van der Waals surface area contributed by atoms with Crippen molar-refractivity contribution in [2.45, 2.75) is 32.1 Å². The highest BCUT2D eigenvalue weighted by Crippen LogP contribution is 2.27. The minimum atomic E-state index is 0.451. The highest BCUT2D eigenvalue weighted by Gasteiger charge is 2.16. The van der Waals surface area contributed by atoms with Crippen molar-refractivity contribution in [3.8, 4) is 0 Å². The SMILES string of the molecule is COC(=N)CC1CCCC1. The minimum absolute atomic E-state index is 0.451. The highest BCUT2D eigenvalue weighted by atomic mass is 16.5. The Morgan fingerprint density at radius 3 is 2.60 bits per heavy atom. The molecule has 0 radical (unpaired) electrons. The summed E-state index contributed by atoms with van der Waals surface area (Å²) in [5.74, 6) is 1.19. The number of ether oxygens (including phenoxy) is 1. The normalized spacial score (nSPS) is 19.3. The fourth-order valence-electron chi connectivity index (χ4n) is 1.56. The van der Waals surface area contributed by atoms with Gasteiger partial charge in [0.15, 0.2) is 5.90 Å². The third kappa shape index (κ3) is 2.01. The largest absolute Gasteiger partial charge is 0.484 e. The predicted octanol–water partition coefficient (Wildman–Crippen LogP) is 2.19. The second-order valence-electron chi connectivity index (χ2n) is 2.98. The average Bonchev–Trinajstić information content (AvgIpc) is 2.40. The number of hydrogen-bond acceptors (Lipinski definition) is 2. The zero-order valence-electron chi connectivity index (χ0n) is 6.52. The molecule has 0 unspecified atom stereocenters. The first-order chi connectivity index (χ1) is 4.83. The van der Waals surface area contributed by atoms with E-state index in [1.54, 1.807) is 7.11 Å². The summed E-state index contributed by atoms with van der Waals surface area (Å²) in [6.45, 7) is 0. The summed E-state index contributed by atoms with van der Waals surface area (Å²) >= 11 is 0. The Kier molecular flexibility index (Phi) is 2.72. The Labute approximate surface area is 62.1 Å². The fraction of sp³-hybridized carbons (Fsp3) is 0.875. The fourth-order valence-corrected chi connectivity index (χ4v) is 1.56. The molecule has 0 atom stereocenters. The molecule has 0 saturated heterocycles. The van der Waals surface area contributed by atoms with Crippen LogP contribution in [-0.4, -0.2) is 13.0 Å². The zero-order chi connectivity index (χ0) is 7.40. The van der Waals surface area contributed by atoms with E-state index in [-0.39, 0.29) is 0 Å². The van der Waals surface area contributed by atoms with Crippen LogP contribution in [0.15, 0.2) is 0 Å².